The molecule has 7 nitrogen and oxygen atoms in total. The summed E-state index contributed by atoms with van der Waals surface area (Å²) in [5.41, 5.74) is 0.639. The predicted octanol–water partition coefficient (Wildman–Crippen LogP) is 6.87. The number of carbonyl (C=O) groups excluding carboxylic acids is 1. The predicted molar refractivity (Wildman–Crippen MR) is 149 cm³/mol. The number of aromatic nitrogens is 2. The number of anilines is 1. The molecule has 3 aromatic carbocycles. The van der Waals surface area contributed by atoms with Gasteiger partial charge in [-0.25, -0.2) is 22.0 Å². The minimum Gasteiger partial charge on any atom is -0.392 e. The number of aliphatic hydroxyl groups is 1. The van der Waals surface area contributed by atoms with Gasteiger partial charge in [-0.3, -0.25) is 4.79 Å². The van der Waals surface area contributed by atoms with Crippen molar-refractivity contribution in [2.24, 2.45) is 5.92 Å². The Morgan fingerprint density at radius 2 is 1.51 bits per heavy atom. The van der Waals surface area contributed by atoms with E-state index in [1.807, 2.05) is 38.1 Å². The van der Waals surface area contributed by atoms with Crippen LogP contribution in [-0.2, 0) is 16.1 Å². The summed E-state index contributed by atoms with van der Waals surface area (Å²) in [6, 6.07) is 13.3. The van der Waals surface area contributed by atoms with Crippen molar-refractivity contribution >= 4 is 34.7 Å². The Bertz CT molecular complexity index is 1590. The van der Waals surface area contributed by atoms with Gasteiger partial charge in [0.2, 0.25) is 5.82 Å². The van der Waals surface area contributed by atoms with Gasteiger partial charge in [0.1, 0.15) is 10.6 Å². The molecule has 0 radical (unpaired) electrons. The number of nitrogens with one attached hydrogen (secondary N) is 1. The van der Waals surface area contributed by atoms with Gasteiger partial charge < -0.3 is 19.9 Å². The minimum absolute atomic E-state index is 0.0387. The zero-order valence-corrected chi connectivity index (χ0v) is 24.2. The van der Waals surface area contributed by atoms with Crippen molar-refractivity contribution in [1.29, 1.82) is 0 Å². The Morgan fingerprint density at radius 3 is 2.09 bits per heavy atom. The average Bonchev–Trinajstić information content (AvgIpc) is 3.44. The van der Waals surface area contributed by atoms with Crippen LogP contribution in [0.5, 0.6) is 0 Å². The smallest absolute Gasteiger partial charge is 0.261 e. The van der Waals surface area contributed by atoms with Crippen LogP contribution in [0.15, 0.2) is 52.9 Å². The first-order valence-corrected chi connectivity index (χ1v) is 14.7. The molecule has 4 aromatic rings. The molecular formula is C29H24F5N3O4S2. The third-order valence-corrected chi connectivity index (χ3v) is 8.94. The first-order valence-electron chi connectivity index (χ1n) is 12.9. The molecule has 226 valence electrons. The lowest BCUT2D eigenvalue weighted by Crippen LogP contribution is -2.38. The maximum atomic E-state index is 14.1. The molecule has 1 aromatic heterocycles. The molecule has 2 heterocycles. The molecule has 14 heteroatoms. The highest BCUT2D eigenvalue weighted by Crippen LogP contribution is 2.43. The second kappa shape index (κ2) is 13.1. The van der Waals surface area contributed by atoms with Crippen molar-refractivity contribution in [3.63, 3.8) is 0 Å². The van der Waals surface area contributed by atoms with E-state index < -0.39 is 46.8 Å². The van der Waals surface area contributed by atoms with Gasteiger partial charge in [0.05, 0.1) is 18.8 Å². The molecule has 0 bridgehead atoms. The summed E-state index contributed by atoms with van der Waals surface area (Å²) in [6.45, 7) is 3.78. The molecule has 4 atom stereocenters. The number of thioether (sulfide) groups is 1. The van der Waals surface area contributed by atoms with E-state index in [4.69, 9.17) is 9.47 Å². The molecule has 5 rings (SSSR count). The second-order valence-corrected chi connectivity index (χ2v) is 12.2. The number of hydrogen-bond acceptors (Lipinski definition) is 8. The Labute approximate surface area is 251 Å². The van der Waals surface area contributed by atoms with E-state index in [1.165, 1.54) is 35.2 Å². The summed E-state index contributed by atoms with van der Waals surface area (Å²) in [7, 11) is 0. The summed E-state index contributed by atoms with van der Waals surface area (Å²) in [5.74, 6) is -12.3. The molecule has 0 spiro atoms. The first-order chi connectivity index (χ1) is 20.6. The van der Waals surface area contributed by atoms with E-state index in [2.05, 4.69) is 15.5 Å². The van der Waals surface area contributed by atoms with Gasteiger partial charge >= 0.3 is 0 Å². The third kappa shape index (κ3) is 6.58. The SMILES string of the molecule is Cc1nnc(SC[C@H]2O[C@@H](c3ccc(NC(=O)c4c(F)c(F)c(F)c(F)c4F)cc3)O[C@@H](c3ccc(CO)cc3)[C@H]2C)s1. The number of aliphatic hydroxyl groups excluding tert-OH is 1. The molecule has 0 aliphatic carbocycles. The molecule has 0 saturated carbocycles. The third-order valence-electron chi connectivity index (χ3n) is 6.88. The summed E-state index contributed by atoms with van der Waals surface area (Å²) in [4.78, 5) is 12.5. The number of ether oxygens (including phenoxy) is 2. The van der Waals surface area contributed by atoms with Gasteiger partial charge in [0.15, 0.2) is 33.9 Å². The van der Waals surface area contributed by atoms with Crippen molar-refractivity contribution in [3.8, 4) is 0 Å². The largest absolute Gasteiger partial charge is 0.392 e. The standard InChI is InChI=1S/C29H24F5N3O4S2/c1-13-19(12-42-29-37-36-14(2)43-29)40-28(41-26(13)16-5-3-15(11-38)4-6-16)17-7-9-18(10-8-17)35-27(39)20-21(30)23(32)25(34)24(33)22(20)31/h3-10,13,19,26,28,38H,11-12H2,1-2H3,(H,35,39)/t13-,19+,26+,28+/m0/s1. The fraction of sp³-hybridized carbons (Fsp3) is 0.276. The van der Waals surface area contributed by atoms with Crippen molar-refractivity contribution in [3.05, 3.63) is 105 Å². The molecular weight excluding hydrogens is 613 g/mol. The van der Waals surface area contributed by atoms with Crippen LogP contribution in [0.25, 0.3) is 0 Å². The van der Waals surface area contributed by atoms with Crippen LogP contribution in [0, 0.1) is 41.9 Å². The van der Waals surface area contributed by atoms with Crippen LogP contribution >= 0.6 is 23.1 Å². The monoisotopic (exact) mass is 637 g/mol. The second-order valence-electron chi connectivity index (χ2n) is 9.74. The van der Waals surface area contributed by atoms with Gasteiger partial charge in [0.25, 0.3) is 5.91 Å². The highest BCUT2D eigenvalue weighted by Gasteiger charge is 2.38. The van der Waals surface area contributed by atoms with Crippen molar-refractivity contribution in [1.82, 2.24) is 10.2 Å². The Kier molecular flexibility index (Phi) is 9.42. The van der Waals surface area contributed by atoms with Gasteiger partial charge in [-0.05, 0) is 30.2 Å². The van der Waals surface area contributed by atoms with E-state index in [-0.39, 0.29) is 30.4 Å². The molecule has 1 fully saturated rings. The summed E-state index contributed by atoms with van der Waals surface area (Å²) in [6.07, 6.45) is -1.52. The summed E-state index contributed by atoms with van der Waals surface area (Å²) in [5, 5.41) is 20.6. The average molecular weight is 638 g/mol. The van der Waals surface area contributed by atoms with E-state index >= 15 is 0 Å². The normalized spacial score (nSPS) is 20.3. The van der Waals surface area contributed by atoms with Crippen molar-refractivity contribution < 1.29 is 41.3 Å². The fourth-order valence-corrected chi connectivity index (χ4v) is 6.53. The number of hydrogen-bond donors (Lipinski definition) is 2. The zero-order valence-electron chi connectivity index (χ0n) is 22.6. The number of nitrogens with zero attached hydrogens (tertiary/aromatic N) is 2. The van der Waals surface area contributed by atoms with Crippen LogP contribution in [-0.4, -0.2) is 33.1 Å². The molecule has 43 heavy (non-hydrogen) atoms. The zero-order chi connectivity index (χ0) is 30.8. The highest BCUT2D eigenvalue weighted by atomic mass is 32.2. The van der Waals surface area contributed by atoms with Crippen molar-refractivity contribution in [2.45, 2.75) is 43.3 Å². The molecule has 1 amide bonds. The quantitative estimate of drug-likeness (QED) is 0.0943. The molecule has 1 aliphatic heterocycles. The summed E-state index contributed by atoms with van der Waals surface area (Å²) >= 11 is 2.98. The van der Waals surface area contributed by atoms with Gasteiger partial charge in [-0.2, -0.15) is 0 Å². The van der Waals surface area contributed by atoms with Crippen LogP contribution in [0.4, 0.5) is 27.6 Å². The van der Waals surface area contributed by atoms with Gasteiger partial charge in [-0.15, -0.1) is 10.2 Å². The van der Waals surface area contributed by atoms with Crippen molar-refractivity contribution in [2.75, 3.05) is 11.1 Å². The molecule has 2 N–H and O–H groups in total. The first kappa shape index (κ1) is 31.0. The van der Waals surface area contributed by atoms with E-state index in [9.17, 15) is 31.9 Å². The lowest BCUT2D eigenvalue weighted by molar-refractivity contribution is -0.268. The topological polar surface area (TPSA) is 93.6 Å². The molecule has 0 unspecified atom stereocenters. The highest BCUT2D eigenvalue weighted by molar-refractivity contribution is 8.01. The number of benzene rings is 3. The number of halogens is 5. The van der Waals surface area contributed by atoms with Crippen LogP contribution in [0.2, 0.25) is 0 Å². The lowest BCUT2D eigenvalue weighted by atomic mass is 9.91. The molecule has 1 aliphatic rings. The Balaban J connectivity index is 1.36. The number of aryl methyl sites for hydroxylation is 1. The maximum Gasteiger partial charge on any atom is 0.261 e. The van der Waals surface area contributed by atoms with E-state index in [0.29, 0.717) is 11.3 Å². The van der Waals surface area contributed by atoms with Gasteiger partial charge in [-0.1, -0.05) is 66.4 Å². The molecule has 1 saturated heterocycles. The van der Waals surface area contributed by atoms with Crippen LogP contribution < -0.4 is 5.32 Å². The Hall–Kier alpha value is -3.43. The van der Waals surface area contributed by atoms with E-state index in [0.717, 1.165) is 20.5 Å². The van der Waals surface area contributed by atoms with Crippen LogP contribution in [0.1, 0.15) is 51.4 Å². The summed E-state index contributed by atoms with van der Waals surface area (Å²) < 4.78 is 82.2. The maximum absolute atomic E-state index is 14.1. The lowest BCUT2D eigenvalue weighted by Gasteiger charge is -2.41. The number of rotatable bonds is 8. The van der Waals surface area contributed by atoms with E-state index in [1.54, 1.807) is 12.1 Å². The number of carbonyl (C=O) groups is 1. The Morgan fingerprint density at radius 1 is 0.907 bits per heavy atom. The number of amides is 1. The van der Waals surface area contributed by atoms with Gasteiger partial charge in [0, 0.05) is 22.9 Å². The minimum atomic E-state index is -2.35. The van der Waals surface area contributed by atoms with Crippen LogP contribution in [0.3, 0.4) is 0 Å². The fourth-order valence-electron chi connectivity index (χ4n) is 4.52.